The van der Waals surface area contributed by atoms with Crippen LogP contribution in [0.1, 0.15) is 43.9 Å². The lowest BCUT2D eigenvalue weighted by Gasteiger charge is -2.15. The molecule has 3 rings (SSSR count). The van der Waals surface area contributed by atoms with Crippen LogP contribution in [0, 0.1) is 34.6 Å². The van der Waals surface area contributed by atoms with Crippen molar-refractivity contribution in [3.63, 3.8) is 0 Å². The maximum Gasteiger partial charge on any atom is 0.251 e. The minimum Gasteiger partial charge on any atom is -0.365 e. The van der Waals surface area contributed by atoms with Crippen LogP contribution in [0.25, 0.3) is 10.9 Å². The summed E-state index contributed by atoms with van der Waals surface area (Å²) in [7, 11) is 0. The molecule has 0 aliphatic heterocycles. The third-order valence-corrected chi connectivity index (χ3v) is 6.32. The van der Waals surface area contributed by atoms with Crippen molar-refractivity contribution in [1.82, 2.24) is 4.57 Å². The zero-order chi connectivity index (χ0) is 21.5. The summed E-state index contributed by atoms with van der Waals surface area (Å²) in [6, 6.07) is 5.70. The lowest BCUT2D eigenvalue weighted by Crippen LogP contribution is -2.24. The number of benzene rings is 1. The number of aryl methyl sites for hydroxylation is 5. The summed E-state index contributed by atoms with van der Waals surface area (Å²) in [6.07, 6.45) is 0.111. The molecule has 2 amide bonds. The van der Waals surface area contributed by atoms with Crippen LogP contribution in [0.2, 0.25) is 0 Å². The second-order valence-corrected chi connectivity index (χ2v) is 8.67. The van der Waals surface area contributed by atoms with Crippen LogP contribution in [0.3, 0.4) is 0 Å². The van der Waals surface area contributed by atoms with Crippen molar-refractivity contribution in [2.75, 3.05) is 5.32 Å². The van der Waals surface area contributed by atoms with E-state index in [4.69, 9.17) is 5.73 Å². The number of carbonyl (C=O) groups is 2. The Morgan fingerprint density at radius 3 is 2.41 bits per heavy atom. The van der Waals surface area contributed by atoms with Crippen molar-refractivity contribution in [3.05, 3.63) is 61.2 Å². The molecule has 0 saturated heterocycles. The van der Waals surface area contributed by atoms with Gasteiger partial charge in [-0.05, 0) is 57.4 Å². The maximum absolute atomic E-state index is 12.6. The summed E-state index contributed by atoms with van der Waals surface area (Å²) in [4.78, 5) is 37.9. The molecule has 0 radical (unpaired) electrons. The van der Waals surface area contributed by atoms with Gasteiger partial charge in [0, 0.05) is 29.3 Å². The SMILES string of the molecule is Cc1cc(C)c2c(c1)c(C)cc(=O)n2CCC(=O)Nc1sc(C)c(C)c1C(N)=O. The first kappa shape index (κ1) is 20.8. The van der Waals surface area contributed by atoms with Crippen molar-refractivity contribution in [2.24, 2.45) is 5.73 Å². The third kappa shape index (κ3) is 3.96. The molecule has 0 aliphatic rings. The average Bonchev–Trinajstić information content (AvgIpc) is 2.88. The smallest absolute Gasteiger partial charge is 0.251 e. The third-order valence-electron chi connectivity index (χ3n) is 5.19. The molecule has 0 unspecified atom stereocenters. The molecule has 0 aliphatic carbocycles. The van der Waals surface area contributed by atoms with E-state index in [9.17, 15) is 14.4 Å². The standard InChI is InChI=1S/C22H25N3O3S/c1-11-8-13(3)20-16(9-11)12(2)10-18(27)25(20)7-6-17(26)24-22-19(21(23)28)14(4)15(5)29-22/h8-10H,6-7H2,1-5H3,(H2,23,28)(H,24,26). The minimum atomic E-state index is -0.561. The van der Waals surface area contributed by atoms with E-state index in [0.29, 0.717) is 10.6 Å². The number of amides is 2. The number of nitrogens with two attached hydrogens (primary N) is 1. The Morgan fingerprint density at radius 2 is 1.76 bits per heavy atom. The fourth-order valence-corrected chi connectivity index (χ4v) is 4.79. The van der Waals surface area contributed by atoms with Crippen LogP contribution in [-0.4, -0.2) is 16.4 Å². The zero-order valence-corrected chi connectivity index (χ0v) is 18.1. The molecule has 2 heterocycles. The first-order valence-corrected chi connectivity index (χ1v) is 10.2. The summed E-state index contributed by atoms with van der Waals surface area (Å²) in [5.41, 5.74) is 10.4. The average molecular weight is 412 g/mol. The van der Waals surface area contributed by atoms with Gasteiger partial charge in [-0.25, -0.2) is 0 Å². The molecule has 1 aromatic carbocycles. The Morgan fingerprint density at radius 1 is 1.07 bits per heavy atom. The fourth-order valence-electron chi connectivity index (χ4n) is 3.71. The van der Waals surface area contributed by atoms with Gasteiger partial charge in [0.05, 0.1) is 11.1 Å². The van der Waals surface area contributed by atoms with E-state index in [-0.39, 0.29) is 24.4 Å². The Balaban J connectivity index is 1.89. The predicted octanol–water partition coefficient (Wildman–Crippen LogP) is 3.73. The largest absolute Gasteiger partial charge is 0.365 e. The van der Waals surface area contributed by atoms with Crippen molar-refractivity contribution < 1.29 is 9.59 Å². The molecule has 6 nitrogen and oxygen atoms in total. The molecular formula is C22H25N3O3S. The van der Waals surface area contributed by atoms with Gasteiger partial charge in [0.2, 0.25) is 5.91 Å². The van der Waals surface area contributed by atoms with Gasteiger partial charge in [0.15, 0.2) is 0 Å². The number of fused-ring (bicyclic) bond motifs is 1. The number of rotatable bonds is 5. The van der Waals surface area contributed by atoms with Crippen LogP contribution >= 0.6 is 11.3 Å². The molecule has 152 valence electrons. The predicted molar refractivity (Wildman–Crippen MR) is 118 cm³/mol. The molecule has 3 N–H and O–H groups in total. The monoisotopic (exact) mass is 411 g/mol. The van der Waals surface area contributed by atoms with Gasteiger partial charge in [0.25, 0.3) is 11.5 Å². The summed E-state index contributed by atoms with van der Waals surface area (Å²) in [5, 5.41) is 4.27. The normalized spacial score (nSPS) is 11.1. The van der Waals surface area contributed by atoms with E-state index >= 15 is 0 Å². The number of carbonyl (C=O) groups excluding carboxylic acids is 2. The number of thiophene rings is 1. The second kappa shape index (κ2) is 7.83. The van der Waals surface area contributed by atoms with Gasteiger partial charge in [-0.1, -0.05) is 11.6 Å². The lowest BCUT2D eigenvalue weighted by atomic mass is 10.0. The molecular weight excluding hydrogens is 386 g/mol. The molecule has 0 saturated carbocycles. The van der Waals surface area contributed by atoms with Gasteiger partial charge in [0.1, 0.15) is 5.00 Å². The maximum atomic E-state index is 12.6. The highest BCUT2D eigenvalue weighted by Crippen LogP contribution is 2.32. The van der Waals surface area contributed by atoms with E-state index < -0.39 is 5.91 Å². The summed E-state index contributed by atoms with van der Waals surface area (Å²) in [6.45, 7) is 9.86. The van der Waals surface area contributed by atoms with Crippen molar-refractivity contribution in [2.45, 2.75) is 47.6 Å². The Kier molecular flexibility index (Phi) is 5.61. The van der Waals surface area contributed by atoms with E-state index in [2.05, 4.69) is 11.4 Å². The van der Waals surface area contributed by atoms with Crippen LogP contribution in [0.4, 0.5) is 5.00 Å². The molecule has 7 heteroatoms. The Hall–Kier alpha value is -2.93. The number of nitrogens with one attached hydrogen (secondary N) is 1. The van der Waals surface area contributed by atoms with E-state index in [1.807, 2.05) is 40.7 Å². The minimum absolute atomic E-state index is 0.111. The highest BCUT2D eigenvalue weighted by atomic mass is 32.1. The molecule has 0 fully saturated rings. The number of aromatic nitrogens is 1. The van der Waals surface area contributed by atoms with Gasteiger partial charge in [-0.3, -0.25) is 14.4 Å². The van der Waals surface area contributed by atoms with Gasteiger partial charge in [-0.15, -0.1) is 11.3 Å². The van der Waals surface area contributed by atoms with Crippen LogP contribution in [0.15, 0.2) is 23.0 Å². The zero-order valence-electron chi connectivity index (χ0n) is 17.3. The van der Waals surface area contributed by atoms with Crippen LogP contribution < -0.4 is 16.6 Å². The van der Waals surface area contributed by atoms with Crippen molar-refractivity contribution >= 4 is 39.1 Å². The number of hydrogen-bond donors (Lipinski definition) is 2. The number of hydrogen-bond acceptors (Lipinski definition) is 4. The molecule has 29 heavy (non-hydrogen) atoms. The second-order valence-electron chi connectivity index (χ2n) is 7.45. The lowest BCUT2D eigenvalue weighted by molar-refractivity contribution is -0.116. The van der Waals surface area contributed by atoms with Crippen LogP contribution in [-0.2, 0) is 11.3 Å². The van der Waals surface area contributed by atoms with E-state index in [1.54, 1.807) is 10.6 Å². The Bertz CT molecular complexity index is 1200. The first-order valence-electron chi connectivity index (χ1n) is 9.41. The highest BCUT2D eigenvalue weighted by molar-refractivity contribution is 7.16. The topological polar surface area (TPSA) is 94.2 Å². The van der Waals surface area contributed by atoms with Gasteiger partial charge >= 0.3 is 0 Å². The summed E-state index contributed by atoms with van der Waals surface area (Å²) < 4.78 is 1.65. The van der Waals surface area contributed by atoms with E-state index in [1.165, 1.54) is 11.3 Å². The quantitative estimate of drug-likeness (QED) is 0.670. The summed E-state index contributed by atoms with van der Waals surface area (Å²) >= 11 is 1.33. The molecule has 0 spiro atoms. The van der Waals surface area contributed by atoms with Gasteiger partial charge in [-0.2, -0.15) is 0 Å². The summed E-state index contributed by atoms with van der Waals surface area (Å²) in [5.74, 6) is -0.826. The fraction of sp³-hybridized carbons (Fsp3) is 0.318. The van der Waals surface area contributed by atoms with Gasteiger partial charge < -0.3 is 15.6 Å². The molecule has 3 aromatic rings. The van der Waals surface area contributed by atoms with Crippen molar-refractivity contribution in [3.8, 4) is 0 Å². The number of anilines is 1. The highest BCUT2D eigenvalue weighted by Gasteiger charge is 2.19. The molecule has 0 atom stereocenters. The van der Waals surface area contributed by atoms with Crippen LogP contribution in [0.5, 0.6) is 0 Å². The number of nitrogens with zero attached hydrogens (tertiary/aromatic N) is 1. The number of primary amides is 1. The molecule has 0 bridgehead atoms. The Labute approximate surface area is 173 Å². The first-order chi connectivity index (χ1) is 13.6. The van der Waals surface area contributed by atoms with E-state index in [0.717, 1.165) is 38.0 Å². The molecule has 2 aromatic heterocycles. The number of pyridine rings is 1. The van der Waals surface area contributed by atoms with Crippen molar-refractivity contribution in [1.29, 1.82) is 0 Å².